The molecule has 1 unspecified atom stereocenters. The molecule has 110 valence electrons. The number of hydrogen-bond donors (Lipinski definition) is 2. The van der Waals surface area contributed by atoms with Crippen molar-refractivity contribution in [1.29, 1.82) is 0 Å². The van der Waals surface area contributed by atoms with Gasteiger partial charge in [0, 0.05) is 17.8 Å². The minimum atomic E-state index is 0.0689. The number of anilines is 1. The maximum Gasteiger partial charge on any atom is 0.224 e. The summed E-state index contributed by atoms with van der Waals surface area (Å²) < 4.78 is 0. The Morgan fingerprint density at radius 1 is 1.33 bits per heavy atom. The van der Waals surface area contributed by atoms with E-state index in [2.05, 4.69) is 15.6 Å². The Bertz CT molecular complexity index is 620. The highest BCUT2D eigenvalue weighted by Crippen LogP contribution is 2.17. The normalized spacial score (nSPS) is 18.6. The van der Waals surface area contributed by atoms with E-state index in [0.29, 0.717) is 12.5 Å². The molecule has 0 aliphatic carbocycles. The van der Waals surface area contributed by atoms with Gasteiger partial charge in [-0.1, -0.05) is 24.6 Å². The van der Waals surface area contributed by atoms with E-state index < -0.39 is 0 Å². The molecule has 21 heavy (non-hydrogen) atoms. The number of carbonyl (C=O) groups is 1. The number of pyridine rings is 1. The van der Waals surface area contributed by atoms with Crippen molar-refractivity contribution in [2.24, 2.45) is 0 Å². The predicted octanol–water partition coefficient (Wildman–Crippen LogP) is 3.10. The van der Waals surface area contributed by atoms with E-state index in [9.17, 15) is 4.79 Å². The molecule has 1 amide bonds. The first kappa shape index (κ1) is 14.0. The summed E-state index contributed by atoms with van der Waals surface area (Å²) in [5.41, 5.74) is 1.72. The van der Waals surface area contributed by atoms with E-state index in [1.807, 2.05) is 30.3 Å². The van der Waals surface area contributed by atoms with Gasteiger partial charge in [0.15, 0.2) is 0 Å². The lowest BCUT2D eigenvalue weighted by Crippen LogP contribution is -2.34. The van der Waals surface area contributed by atoms with Crippen LogP contribution in [0.3, 0.4) is 0 Å². The van der Waals surface area contributed by atoms with Crippen molar-refractivity contribution in [2.75, 3.05) is 11.9 Å². The first-order valence-corrected chi connectivity index (χ1v) is 7.69. The number of hydrogen-bond acceptors (Lipinski definition) is 3. The molecule has 4 heteroatoms. The summed E-state index contributed by atoms with van der Waals surface area (Å²) in [5.74, 6) is 0.0689. The van der Waals surface area contributed by atoms with Crippen LogP contribution in [-0.2, 0) is 4.79 Å². The molecule has 0 bridgehead atoms. The maximum absolute atomic E-state index is 12.0. The fourth-order valence-corrected chi connectivity index (χ4v) is 2.84. The van der Waals surface area contributed by atoms with Crippen LogP contribution in [0.2, 0.25) is 0 Å². The van der Waals surface area contributed by atoms with Gasteiger partial charge < -0.3 is 10.6 Å². The van der Waals surface area contributed by atoms with Crippen LogP contribution >= 0.6 is 0 Å². The maximum atomic E-state index is 12.0. The van der Waals surface area contributed by atoms with Gasteiger partial charge in [-0.15, -0.1) is 0 Å². The van der Waals surface area contributed by atoms with Gasteiger partial charge >= 0.3 is 0 Å². The third kappa shape index (κ3) is 3.79. The second kappa shape index (κ2) is 6.68. The number of carbonyl (C=O) groups excluding carboxylic acids is 1. The molecule has 0 radical (unpaired) electrons. The minimum absolute atomic E-state index is 0.0689. The van der Waals surface area contributed by atoms with E-state index in [4.69, 9.17) is 0 Å². The molecule has 1 aliphatic rings. The molecule has 0 spiro atoms. The van der Waals surface area contributed by atoms with Crippen molar-refractivity contribution in [3.63, 3.8) is 0 Å². The molecular weight excluding hydrogens is 262 g/mol. The Labute approximate surface area is 125 Å². The summed E-state index contributed by atoms with van der Waals surface area (Å²) >= 11 is 0. The van der Waals surface area contributed by atoms with Gasteiger partial charge in [0.1, 0.15) is 0 Å². The quantitative estimate of drug-likeness (QED) is 0.906. The van der Waals surface area contributed by atoms with E-state index in [0.717, 1.165) is 29.6 Å². The highest BCUT2D eigenvalue weighted by atomic mass is 16.1. The van der Waals surface area contributed by atoms with Gasteiger partial charge in [-0.05, 0) is 37.9 Å². The van der Waals surface area contributed by atoms with Crippen molar-refractivity contribution in [1.82, 2.24) is 10.3 Å². The Hall–Kier alpha value is -1.94. The smallest absolute Gasteiger partial charge is 0.224 e. The first-order chi connectivity index (χ1) is 10.3. The van der Waals surface area contributed by atoms with Gasteiger partial charge in [0.2, 0.25) is 5.91 Å². The lowest BCUT2D eigenvalue weighted by Gasteiger charge is -2.23. The zero-order chi connectivity index (χ0) is 14.5. The summed E-state index contributed by atoms with van der Waals surface area (Å²) in [4.78, 5) is 16.4. The van der Waals surface area contributed by atoms with Crippen LogP contribution in [-0.4, -0.2) is 23.5 Å². The monoisotopic (exact) mass is 283 g/mol. The zero-order valence-corrected chi connectivity index (χ0v) is 12.1. The molecule has 1 aromatic carbocycles. The van der Waals surface area contributed by atoms with Crippen molar-refractivity contribution in [3.05, 3.63) is 36.5 Å². The van der Waals surface area contributed by atoms with E-state index in [-0.39, 0.29) is 5.91 Å². The number of amides is 1. The molecule has 1 aromatic heterocycles. The highest BCUT2D eigenvalue weighted by Gasteiger charge is 2.14. The molecule has 2 N–H and O–H groups in total. The van der Waals surface area contributed by atoms with Crippen LogP contribution in [0.4, 0.5) is 5.69 Å². The topological polar surface area (TPSA) is 54.0 Å². The summed E-state index contributed by atoms with van der Waals surface area (Å²) in [6.07, 6.45) is 6.90. The van der Waals surface area contributed by atoms with Crippen LogP contribution in [0, 0.1) is 0 Å². The van der Waals surface area contributed by atoms with Gasteiger partial charge in [-0.2, -0.15) is 0 Å². The minimum Gasteiger partial charge on any atom is -0.325 e. The number of rotatable bonds is 4. The second-order valence-corrected chi connectivity index (χ2v) is 5.65. The molecule has 1 fully saturated rings. The second-order valence-electron chi connectivity index (χ2n) is 5.65. The first-order valence-electron chi connectivity index (χ1n) is 7.69. The molecule has 4 nitrogen and oxygen atoms in total. The molecule has 1 saturated heterocycles. The van der Waals surface area contributed by atoms with E-state index in [1.54, 1.807) is 6.20 Å². The number of piperidine rings is 1. The van der Waals surface area contributed by atoms with Crippen LogP contribution in [0.5, 0.6) is 0 Å². The number of nitrogens with zero attached hydrogens (tertiary/aromatic N) is 1. The number of para-hydroxylation sites is 1. The molecule has 0 saturated carbocycles. The Balaban J connectivity index is 1.55. The van der Waals surface area contributed by atoms with Crippen LogP contribution in [0.15, 0.2) is 36.5 Å². The van der Waals surface area contributed by atoms with Gasteiger partial charge in [0.25, 0.3) is 0 Å². The van der Waals surface area contributed by atoms with Crippen molar-refractivity contribution in [2.45, 2.75) is 38.1 Å². The molecular formula is C17H21N3O. The number of aromatic nitrogens is 1. The van der Waals surface area contributed by atoms with Gasteiger partial charge in [0.05, 0.1) is 17.4 Å². The highest BCUT2D eigenvalue weighted by molar-refractivity contribution is 5.93. The largest absolute Gasteiger partial charge is 0.325 e. The van der Waals surface area contributed by atoms with Gasteiger partial charge in [-0.3, -0.25) is 9.78 Å². The fourth-order valence-electron chi connectivity index (χ4n) is 2.84. The number of benzene rings is 1. The average molecular weight is 283 g/mol. The third-order valence-electron chi connectivity index (χ3n) is 4.01. The lowest BCUT2D eigenvalue weighted by molar-refractivity contribution is -0.116. The molecule has 1 aliphatic heterocycles. The van der Waals surface area contributed by atoms with Crippen LogP contribution in [0.25, 0.3) is 10.9 Å². The zero-order valence-electron chi connectivity index (χ0n) is 12.1. The summed E-state index contributed by atoms with van der Waals surface area (Å²) in [7, 11) is 0. The summed E-state index contributed by atoms with van der Waals surface area (Å²) in [6.45, 7) is 1.08. The SMILES string of the molecule is O=C(CCC1CCCCN1)Nc1cnc2ccccc2c1. The number of nitrogens with one attached hydrogen (secondary N) is 2. The van der Waals surface area contributed by atoms with Crippen molar-refractivity contribution >= 4 is 22.5 Å². The summed E-state index contributed by atoms with van der Waals surface area (Å²) in [6, 6.07) is 10.4. The number of fused-ring (bicyclic) bond motifs is 1. The Morgan fingerprint density at radius 2 is 2.24 bits per heavy atom. The van der Waals surface area contributed by atoms with E-state index >= 15 is 0 Å². The van der Waals surface area contributed by atoms with Crippen molar-refractivity contribution < 1.29 is 4.79 Å². The third-order valence-corrected chi connectivity index (χ3v) is 4.01. The Kier molecular flexibility index (Phi) is 4.46. The molecule has 2 aromatic rings. The van der Waals surface area contributed by atoms with Crippen LogP contribution < -0.4 is 10.6 Å². The molecule has 1 atom stereocenters. The van der Waals surface area contributed by atoms with Crippen molar-refractivity contribution in [3.8, 4) is 0 Å². The lowest BCUT2D eigenvalue weighted by atomic mass is 10.0. The molecule has 2 heterocycles. The fraction of sp³-hybridized carbons (Fsp3) is 0.412. The Morgan fingerprint density at radius 3 is 3.10 bits per heavy atom. The average Bonchev–Trinajstić information content (AvgIpc) is 2.54. The molecule has 3 rings (SSSR count). The predicted molar refractivity (Wildman–Crippen MR) is 85.2 cm³/mol. The summed E-state index contributed by atoms with van der Waals surface area (Å²) in [5, 5.41) is 7.46. The van der Waals surface area contributed by atoms with Crippen LogP contribution in [0.1, 0.15) is 32.1 Å². The van der Waals surface area contributed by atoms with Gasteiger partial charge in [-0.25, -0.2) is 0 Å². The van der Waals surface area contributed by atoms with E-state index in [1.165, 1.54) is 19.3 Å². The standard InChI is InChI=1S/C17H21N3O/c21-17(9-8-14-6-3-4-10-18-14)20-15-11-13-5-1-2-7-16(13)19-12-15/h1-2,5,7,11-12,14,18H,3-4,6,8-10H2,(H,20,21).